The quantitative estimate of drug-likeness (QED) is 0.239. The molecule has 1 aliphatic rings. The number of nitro benzene ring substituents is 1. The van der Waals surface area contributed by atoms with Crippen LogP contribution >= 0.6 is 11.8 Å². The molecule has 10 nitrogen and oxygen atoms in total. The van der Waals surface area contributed by atoms with Gasteiger partial charge in [-0.2, -0.15) is 4.31 Å². The zero-order valence-electron chi connectivity index (χ0n) is 19.5. The minimum atomic E-state index is -3.96. The predicted molar refractivity (Wildman–Crippen MR) is 134 cm³/mol. The highest BCUT2D eigenvalue weighted by Gasteiger charge is 2.34. The third kappa shape index (κ3) is 5.72. The molecule has 4 rings (SSSR count). The van der Waals surface area contributed by atoms with Crippen molar-refractivity contribution >= 4 is 38.5 Å². The van der Waals surface area contributed by atoms with Gasteiger partial charge >= 0.3 is 0 Å². The van der Waals surface area contributed by atoms with Crippen LogP contribution in [0.4, 0.5) is 5.69 Å². The number of para-hydroxylation sites is 1. The molecule has 1 saturated heterocycles. The molecule has 0 N–H and O–H groups in total. The number of aromatic nitrogens is 2. The first-order valence-electron chi connectivity index (χ1n) is 11.2. The second-order valence-electron chi connectivity index (χ2n) is 8.23. The molecule has 2 heterocycles. The van der Waals surface area contributed by atoms with Gasteiger partial charge in [0, 0.05) is 37.5 Å². The molecule has 12 heteroatoms. The second-order valence-corrected chi connectivity index (χ2v) is 11.3. The number of thioether (sulfide) groups is 1. The number of methoxy groups -OCH3 is 1. The van der Waals surface area contributed by atoms with E-state index in [2.05, 4.69) is 14.9 Å². The molecular weight excluding hydrogens is 490 g/mol. The summed E-state index contributed by atoms with van der Waals surface area (Å²) in [7, 11) is -0.833. The minimum Gasteiger partial charge on any atom is -0.497 e. The number of sulfonamides is 1. The van der Waals surface area contributed by atoms with Crippen molar-refractivity contribution in [2.24, 2.45) is 0 Å². The van der Waals surface area contributed by atoms with Gasteiger partial charge in [-0.15, -0.1) is 11.8 Å². The number of nitro groups is 1. The minimum absolute atomic E-state index is 0.204. The summed E-state index contributed by atoms with van der Waals surface area (Å²) in [6, 6.07) is 10.9. The molecule has 3 aromatic rings. The Hall–Kier alpha value is -2.80. The van der Waals surface area contributed by atoms with Crippen molar-refractivity contribution in [1.82, 2.24) is 19.2 Å². The normalized spacial score (nSPS) is 15.5. The van der Waals surface area contributed by atoms with Gasteiger partial charge in [0.2, 0.25) is 10.0 Å². The molecule has 0 spiro atoms. The topological polar surface area (TPSA) is 119 Å². The van der Waals surface area contributed by atoms with Gasteiger partial charge < -0.3 is 9.64 Å². The SMILES string of the molecule is COc1ccc2ncc(SCCN3CCC(N(C)S(=O)(=O)c4ccccc4[N+](=O)[O-])CC3)nc2c1. The van der Waals surface area contributed by atoms with Crippen LogP contribution in [0.5, 0.6) is 5.75 Å². The summed E-state index contributed by atoms with van der Waals surface area (Å²) < 4.78 is 32.7. The zero-order chi connectivity index (χ0) is 25.0. The van der Waals surface area contributed by atoms with Crippen molar-refractivity contribution < 1.29 is 18.1 Å². The Morgan fingerprint density at radius 3 is 2.66 bits per heavy atom. The summed E-state index contributed by atoms with van der Waals surface area (Å²) in [5.74, 6) is 1.57. The van der Waals surface area contributed by atoms with Gasteiger partial charge in [0.05, 0.1) is 29.3 Å². The highest BCUT2D eigenvalue weighted by molar-refractivity contribution is 7.99. The maximum absolute atomic E-state index is 13.1. The summed E-state index contributed by atoms with van der Waals surface area (Å²) in [5, 5.41) is 12.1. The number of rotatable bonds is 9. The molecular formula is C23H27N5O5S2. The molecule has 0 aliphatic carbocycles. The second kappa shape index (κ2) is 10.9. The van der Waals surface area contributed by atoms with Crippen LogP contribution in [0.25, 0.3) is 11.0 Å². The summed E-state index contributed by atoms with van der Waals surface area (Å²) in [6.07, 6.45) is 3.10. The maximum Gasteiger partial charge on any atom is 0.289 e. The number of benzene rings is 2. The number of hydrogen-bond acceptors (Lipinski definition) is 9. The predicted octanol–water partition coefficient (Wildman–Crippen LogP) is 3.42. The molecule has 1 aromatic heterocycles. The van der Waals surface area contributed by atoms with Crippen molar-refractivity contribution in [3.63, 3.8) is 0 Å². The maximum atomic E-state index is 13.1. The molecule has 0 saturated carbocycles. The molecule has 0 amide bonds. The molecule has 2 aromatic carbocycles. The monoisotopic (exact) mass is 517 g/mol. The van der Waals surface area contributed by atoms with E-state index in [9.17, 15) is 18.5 Å². The largest absolute Gasteiger partial charge is 0.497 e. The van der Waals surface area contributed by atoms with E-state index in [-0.39, 0.29) is 10.9 Å². The van der Waals surface area contributed by atoms with E-state index >= 15 is 0 Å². The molecule has 186 valence electrons. The number of ether oxygens (including phenoxy) is 1. The smallest absolute Gasteiger partial charge is 0.289 e. The lowest BCUT2D eigenvalue weighted by Crippen LogP contribution is -2.46. The summed E-state index contributed by atoms with van der Waals surface area (Å²) in [4.78, 5) is 21.8. The van der Waals surface area contributed by atoms with Crippen molar-refractivity contribution in [2.75, 3.05) is 39.5 Å². The molecule has 1 fully saturated rings. The lowest BCUT2D eigenvalue weighted by Gasteiger charge is -2.36. The Kier molecular flexibility index (Phi) is 7.85. The summed E-state index contributed by atoms with van der Waals surface area (Å²) in [5.41, 5.74) is 1.21. The highest BCUT2D eigenvalue weighted by atomic mass is 32.2. The van der Waals surface area contributed by atoms with Crippen LogP contribution in [0, 0.1) is 10.1 Å². The van der Waals surface area contributed by atoms with Crippen molar-refractivity contribution in [3.8, 4) is 5.75 Å². The van der Waals surface area contributed by atoms with Crippen molar-refractivity contribution in [3.05, 3.63) is 58.8 Å². The van der Waals surface area contributed by atoms with Crippen molar-refractivity contribution in [2.45, 2.75) is 28.8 Å². The van der Waals surface area contributed by atoms with E-state index in [1.165, 1.54) is 35.6 Å². The molecule has 0 atom stereocenters. The van der Waals surface area contributed by atoms with Gasteiger partial charge in [0.25, 0.3) is 5.69 Å². The average Bonchev–Trinajstić information content (AvgIpc) is 2.88. The molecule has 0 unspecified atom stereocenters. The van der Waals surface area contributed by atoms with Crippen LogP contribution in [-0.4, -0.2) is 78.1 Å². The van der Waals surface area contributed by atoms with Crippen LogP contribution in [0.2, 0.25) is 0 Å². The zero-order valence-corrected chi connectivity index (χ0v) is 21.2. The lowest BCUT2D eigenvalue weighted by atomic mass is 10.1. The number of nitrogens with zero attached hydrogens (tertiary/aromatic N) is 5. The molecule has 1 aliphatic heterocycles. The van der Waals surface area contributed by atoms with E-state index in [1.807, 2.05) is 18.2 Å². The average molecular weight is 518 g/mol. The number of hydrogen-bond donors (Lipinski definition) is 0. The van der Waals surface area contributed by atoms with Gasteiger partial charge in [0.15, 0.2) is 4.90 Å². The number of piperidine rings is 1. The van der Waals surface area contributed by atoms with Crippen LogP contribution in [0.1, 0.15) is 12.8 Å². The van der Waals surface area contributed by atoms with E-state index in [0.29, 0.717) is 12.8 Å². The highest BCUT2D eigenvalue weighted by Crippen LogP contribution is 2.29. The molecule has 0 radical (unpaired) electrons. The van der Waals surface area contributed by atoms with Crippen LogP contribution in [0.15, 0.2) is 58.6 Å². The third-order valence-electron chi connectivity index (χ3n) is 6.18. The van der Waals surface area contributed by atoms with E-state index in [0.717, 1.165) is 47.2 Å². The first-order chi connectivity index (χ1) is 16.8. The standard InChI is InChI=1S/C23H27N5O5S2/c1-26(35(31,32)22-6-4-3-5-21(22)28(29)30)17-9-11-27(12-10-17)13-14-34-23-16-24-19-8-7-18(33-2)15-20(19)25-23/h3-8,15-17H,9-14H2,1-2H3. The first-order valence-corrected chi connectivity index (χ1v) is 13.6. The van der Waals surface area contributed by atoms with Gasteiger partial charge in [-0.25, -0.2) is 13.4 Å². The van der Waals surface area contributed by atoms with Crippen LogP contribution in [0.3, 0.4) is 0 Å². The number of likely N-dealkylation sites (tertiary alicyclic amines) is 1. The Bertz CT molecular complexity index is 1310. The Balaban J connectivity index is 1.30. The van der Waals surface area contributed by atoms with Gasteiger partial charge in [0.1, 0.15) is 10.8 Å². The first kappa shape index (κ1) is 25.3. The molecule has 35 heavy (non-hydrogen) atoms. The summed E-state index contributed by atoms with van der Waals surface area (Å²) >= 11 is 1.63. The summed E-state index contributed by atoms with van der Waals surface area (Å²) in [6.45, 7) is 2.35. The lowest BCUT2D eigenvalue weighted by molar-refractivity contribution is -0.387. The van der Waals surface area contributed by atoms with E-state index in [1.54, 1.807) is 25.1 Å². The van der Waals surface area contributed by atoms with Crippen LogP contribution < -0.4 is 4.74 Å². The van der Waals surface area contributed by atoms with E-state index in [4.69, 9.17) is 4.74 Å². The van der Waals surface area contributed by atoms with Crippen LogP contribution in [-0.2, 0) is 10.0 Å². The van der Waals surface area contributed by atoms with E-state index < -0.39 is 20.6 Å². The van der Waals surface area contributed by atoms with Gasteiger partial charge in [-0.05, 0) is 44.1 Å². The van der Waals surface area contributed by atoms with Gasteiger partial charge in [-0.3, -0.25) is 15.1 Å². The Labute approximate surface area is 208 Å². The number of fused-ring (bicyclic) bond motifs is 1. The fourth-order valence-corrected chi connectivity index (χ4v) is 6.55. The third-order valence-corrected chi connectivity index (χ3v) is 9.01. The Morgan fingerprint density at radius 2 is 1.94 bits per heavy atom. The van der Waals surface area contributed by atoms with Gasteiger partial charge in [-0.1, -0.05) is 12.1 Å². The molecule has 0 bridgehead atoms. The Morgan fingerprint density at radius 1 is 1.20 bits per heavy atom. The van der Waals surface area contributed by atoms with Crippen molar-refractivity contribution in [1.29, 1.82) is 0 Å². The fraction of sp³-hybridized carbons (Fsp3) is 0.391. The fourth-order valence-electron chi connectivity index (χ4n) is 4.13.